The number of fused-ring (bicyclic) bond motifs is 5. The first-order chi connectivity index (χ1) is 19.0. The van der Waals surface area contributed by atoms with Crippen molar-refractivity contribution in [2.75, 3.05) is 44.2 Å². The quantitative estimate of drug-likeness (QED) is 0.453. The Morgan fingerprint density at radius 1 is 1.00 bits per heavy atom. The van der Waals surface area contributed by atoms with Crippen molar-refractivity contribution in [1.29, 1.82) is 0 Å². The summed E-state index contributed by atoms with van der Waals surface area (Å²) in [4.78, 5) is 12.8. The van der Waals surface area contributed by atoms with Crippen LogP contribution in [0.5, 0.6) is 5.88 Å². The number of rotatable bonds is 3. The average Bonchev–Trinajstić information content (AvgIpc) is 2.93. The van der Waals surface area contributed by atoms with Crippen LogP contribution in [0.25, 0.3) is 11.3 Å². The summed E-state index contributed by atoms with van der Waals surface area (Å²) in [5.41, 5.74) is 5.32. The normalized spacial score (nSPS) is 24.3. The Labute approximate surface area is 234 Å². The maximum absolute atomic E-state index is 13.3. The van der Waals surface area contributed by atoms with E-state index in [-0.39, 0.29) is 0 Å². The number of nitrogens with one attached hydrogen (secondary N) is 1. The minimum atomic E-state index is -1.48. The summed E-state index contributed by atoms with van der Waals surface area (Å²) in [5, 5.41) is 0. The topological polar surface area (TPSA) is 82.6 Å². The van der Waals surface area contributed by atoms with Gasteiger partial charge in [0.05, 0.1) is 12.3 Å². The third kappa shape index (κ3) is 6.24. The van der Waals surface area contributed by atoms with Crippen LogP contribution in [0.4, 0.5) is 5.95 Å². The fourth-order valence-corrected chi connectivity index (χ4v) is 7.23. The highest BCUT2D eigenvalue weighted by atomic mass is 32.2. The molecule has 3 atom stereocenters. The molecule has 0 spiro atoms. The number of ether oxygens (including phenoxy) is 2. The number of anilines is 1. The van der Waals surface area contributed by atoms with Crippen LogP contribution in [0.2, 0.25) is 0 Å². The number of hydrogen-bond donors (Lipinski definition) is 1. The van der Waals surface area contributed by atoms with Crippen molar-refractivity contribution < 1.29 is 14.0 Å². The SMILES string of the molecule is Cc1cccc(C)c1-c1cc2nc(n1)N[S+]([O-])c1cccc(c1)CC1CCN(CC3CCOCC3)C[C@@H]1CO2. The molecule has 2 fully saturated rings. The van der Waals surface area contributed by atoms with Crippen molar-refractivity contribution in [3.8, 4) is 17.1 Å². The molecule has 3 aromatic rings. The number of aromatic nitrogens is 2. The van der Waals surface area contributed by atoms with Gasteiger partial charge >= 0.3 is 0 Å². The Morgan fingerprint density at radius 3 is 2.62 bits per heavy atom. The van der Waals surface area contributed by atoms with Gasteiger partial charge in [0.25, 0.3) is 5.95 Å². The first-order valence-electron chi connectivity index (χ1n) is 14.2. The number of aryl methyl sites for hydroxylation is 2. The van der Waals surface area contributed by atoms with Gasteiger partial charge in [-0.3, -0.25) is 0 Å². The molecule has 2 unspecified atom stereocenters. The highest BCUT2D eigenvalue weighted by molar-refractivity contribution is 7.92. The third-order valence-electron chi connectivity index (χ3n) is 8.51. The molecule has 0 aliphatic carbocycles. The number of piperidine rings is 1. The lowest BCUT2D eigenvalue weighted by atomic mass is 9.81. The highest BCUT2D eigenvalue weighted by Gasteiger charge is 2.32. The van der Waals surface area contributed by atoms with Crippen LogP contribution in [0.15, 0.2) is 53.4 Å². The summed E-state index contributed by atoms with van der Waals surface area (Å²) in [5.74, 6) is 2.42. The van der Waals surface area contributed by atoms with Gasteiger partial charge in [-0.2, -0.15) is 9.71 Å². The van der Waals surface area contributed by atoms with Gasteiger partial charge in [-0.25, -0.2) is 4.98 Å². The van der Waals surface area contributed by atoms with Gasteiger partial charge in [-0.15, -0.1) is 0 Å². The van der Waals surface area contributed by atoms with E-state index in [1.54, 1.807) is 0 Å². The molecule has 0 amide bonds. The summed E-state index contributed by atoms with van der Waals surface area (Å²) >= 11 is -1.48. The second-order valence-corrected chi connectivity index (χ2v) is 12.6. The van der Waals surface area contributed by atoms with Crippen molar-refractivity contribution in [2.24, 2.45) is 17.8 Å². The van der Waals surface area contributed by atoms with E-state index in [1.165, 1.54) is 5.56 Å². The predicted molar refractivity (Wildman–Crippen MR) is 154 cm³/mol. The van der Waals surface area contributed by atoms with E-state index in [1.807, 2.05) is 18.2 Å². The highest BCUT2D eigenvalue weighted by Crippen LogP contribution is 2.33. The van der Waals surface area contributed by atoms with Gasteiger partial charge in [0.15, 0.2) is 4.90 Å². The van der Waals surface area contributed by atoms with E-state index < -0.39 is 11.4 Å². The van der Waals surface area contributed by atoms with Crippen molar-refractivity contribution in [3.63, 3.8) is 0 Å². The number of hydrogen-bond acceptors (Lipinski definition) is 7. The number of likely N-dealkylation sites (tertiary alicyclic amines) is 1. The molecule has 4 heterocycles. The Morgan fingerprint density at radius 2 is 1.79 bits per heavy atom. The van der Waals surface area contributed by atoms with E-state index in [0.29, 0.717) is 36.2 Å². The molecular weight excluding hydrogens is 508 g/mol. The number of nitrogens with zero attached hydrogens (tertiary/aromatic N) is 3. The summed E-state index contributed by atoms with van der Waals surface area (Å²) in [6, 6.07) is 16.3. The standard InChI is InChI=1S/C31H38N4O3S/c1-21-5-3-6-22(2)30(21)28-17-29-33-31(32-28)34-39(36)27-8-4-7-24(16-27)15-25-9-12-35(19-26(25)20-38-29)18-23-10-13-37-14-11-23/h3-8,16-17,23,25-26H,9-15,18-20H2,1-2H3,(H,32,33,34)/t25?,26-,39?/m1/s1. The second kappa shape index (κ2) is 11.8. The van der Waals surface area contributed by atoms with Crippen LogP contribution in [-0.2, 0) is 22.5 Å². The summed E-state index contributed by atoms with van der Waals surface area (Å²) < 4.78 is 28.4. The first kappa shape index (κ1) is 26.6. The van der Waals surface area contributed by atoms with Crippen LogP contribution >= 0.6 is 0 Å². The molecule has 3 aliphatic heterocycles. The van der Waals surface area contributed by atoms with E-state index in [4.69, 9.17) is 14.5 Å². The molecule has 4 bridgehead atoms. The fraction of sp³-hybridized carbons (Fsp3) is 0.484. The zero-order chi connectivity index (χ0) is 26.8. The lowest BCUT2D eigenvalue weighted by Crippen LogP contribution is -2.45. The largest absolute Gasteiger partial charge is 0.588 e. The van der Waals surface area contributed by atoms with Crippen LogP contribution in [-0.4, -0.2) is 58.9 Å². The average molecular weight is 547 g/mol. The lowest BCUT2D eigenvalue weighted by molar-refractivity contribution is 0.0296. The molecule has 39 heavy (non-hydrogen) atoms. The molecular formula is C31H38N4O3S. The molecule has 6 rings (SSSR count). The van der Waals surface area contributed by atoms with Gasteiger partial charge in [0.2, 0.25) is 5.88 Å². The van der Waals surface area contributed by atoms with Crippen molar-refractivity contribution in [1.82, 2.24) is 14.9 Å². The van der Waals surface area contributed by atoms with Crippen molar-refractivity contribution >= 4 is 17.3 Å². The zero-order valence-corrected chi connectivity index (χ0v) is 23.7. The Bertz CT molecular complexity index is 1280. The van der Waals surface area contributed by atoms with Gasteiger partial charge in [-0.1, -0.05) is 30.3 Å². The van der Waals surface area contributed by atoms with Crippen molar-refractivity contribution in [3.05, 3.63) is 65.2 Å². The minimum Gasteiger partial charge on any atom is -0.588 e. The minimum absolute atomic E-state index is 0.314. The van der Waals surface area contributed by atoms with E-state index >= 15 is 0 Å². The zero-order valence-electron chi connectivity index (χ0n) is 22.9. The van der Waals surface area contributed by atoms with Crippen molar-refractivity contribution in [2.45, 2.75) is 44.4 Å². The Hall–Kier alpha value is -2.65. The molecule has 206 valence electrons. The van der Waals surface area contributed by atoms with Gasteiger partial charge < -0.3 is 18.9 Å². The third-order valence-corrected chi connectivity index (χ3v) is 9.56. The maximum Gasteiger partial charge on any atom is 0.269 e. The van der Waals surface area contributed by atoms with Gasteiger partial charge in [0.1, 0.15) is 11.4 Å². The Balaban J connectivity index is 1.32. The molecule has 3 aliphatic rings. The summed E-state index contributed by atoms with van der Waals surface area (Å²) in [7, 11) is 0. The monoisotopic (exact) mass is 546 g/mol. The summed E-state index contributed by atoms with van der Waals surface area (Å²) in [6.45, 7) is 9.82. The van der Waals surface area contributed by atoms with Crippen LogP contribution in [0.3, 0.4) is 0 Å². The maximum atomic E-state index is 13.3. The molecule has 0 radical (unpaired) electrons. The molecule has 7 nitrogen and oxygen atoms in total. The smallest absolute Gasteiger partial charge is 0.269 e. The van der Waals surface area contributed by atoms with Crippen LogP contribution in [0.1, 0.15) is 36.0 Å². The van der Waals surface area contributed by atoms with Crippen LogP contribution < -0.4 is 9.46 Å². The molecule has 1 aromatic heterocycles. The summed E-state index contributed by atoms with van der Waals surface area (Å²) in [6.07, 6.45) is 4.40. The molecule has 2 aromatic carbocycles. The lowest BCUT2D eigenvalue weighted by Gasteiger charge is -2.40. The second-order valence-electron chi connectivity index (χ2n) is 11.3. The number of benzene rings is 2. The van der Waals surface area contributed by atoms with E-state index in [0.717, 1.165) is 85.8 Å². The molecule has 1 N–H and O–H groups in total. The molecule has 8 heteroatoms. The first-order valence-corrected chi connectivity index (χ1v) is 15.3. The van der Waals surface area contributed by atoms with Crippen LogP contribution in [0, 0.1) is 31.6 Å². The van der Waals surface area contributed by atoms with E-state index in [2.05, 4.69) is 58.8 Å². The molecule has 0 saturated carbocycles. The van der Waals surface area contributed by atoms with Gasteiger partial charge in [0, 0.05) is 43.9 Å². The fourth-order valence-electron chi connectivity index (χ4n) is 6.39. The molecule has 2 saturated heterocycles. The van der Waals surface area contributed by atoms with E-state index in [9.17, 15) is 4.55 Å². The predicted octanol–water partition coefficient (Wildman–Crippen LogP) is 5.19. The Kier molecular flexibility index (Phi) is 8.07. The van der Waals surface area contributed by atoms with Gasteiger partial charge in [-0.05, 0) is 86.7 Å².